The highest BCUT2D eigenvalue weighted by Gasteiger charge is 2.11. The maximum absolute atomic E-state index is 12.3. The largest absolute Gasteiger partial charge is 0.494 e. The highest BCUT2D eigenvalue weighted by molar-refractivity contribution is 6.09. The number of hydrogen-bond donors (Lipinski definition) is 1. The Labute approximate surface area is 148 Å². The number of aryl methyl sites for hydroxylation is 1. The van der Waals surface area contributed by atoms with Gasteiger partial charge in [0, 0.05) is 23.6 Å². The van der Waals surface area contributed by atoms with E-state index >= 15 is 0 Å². The third-order valence-corrected chi connectivity index (χ3v) is 3.73. The molecule has 0 fully saturated rings. The van der Waals surface area contributed by atoms with Gasteiger partial charge in [-0.1, -0.05) is 0 Å². The van der Waals surface area contributed by atoms with Gasteiger partial charge in [0.15, 0.2) is 0 Å². The van der Waals surface area contributed by atoms with E-state index in [1.807, 2.05) is 32.2 Å². The van der Waals surface area contributed by atoms with Crippen molar-refractivity contribution in [3.63, 3.8) is 0 Å². The summed E-state index contributed by atoms with van der Waals surface area (Å²) in [7, 11) is 0. The molecular formula is C20H23N3O2. The number of aromatic nitrogens is 1. The summed E-state index contributed by atoms with van der Waals surface area (Å²) >= 11 is 0. The van der Waals surface area contributed by atoms with Crippen molar-refractivity contribution < 1.29 is 9.53 Å². The normalized spacial score (nSPS) is 11.3. The fraction of sp³-hybridized carbons (Fsp3) is 0.300. The van der Waals surface area contributed by atoms with Gasteiger partial charge < -0.3 is 14.6 Å². The average Bonchev–Trinajstić information content (AvgIpc) is 2.95. The minimum atomic E-state index is -0.429. The second-order valence-electron chi connectivity index (χ2n) is 6.00. The monoisotopic (exact) mass is 337 g/mol. The fourth-order valence-electron chi connectivity index (χ4n) is 2.57. The molecule has 0 atom stereocenters. The van der Waals surface area contributed by atoms with Crippen molar-refractivity contribution >= 4 is 17.7 Å². The number of ether oxygens (including phenoxy) is 1. The van der Waals surface area contributed by atoms with Gasteiger partial charge in [0.25, 0.3) is 5.91 Å². The molecule has 1 amide bonds. The number of hydrogen-bond acceptors (Lipinski definition) is 3. The SMILES string of the molecule is CCOc1ccc(NC(=O)/C(C#N)=C/c2cc(C)n(C(C)C)c2)cc1. The molecule has 25 heavy (non-hydrogen) atoms. The molecule has 0 spiro atoms. The number of amides is 1. The van der Waals surface area contributed by atoms with Gasteiger partial charge in [-0.15, -0.1) is 0 Å². The summed E-state index contributed by atoms with van der Waals surface area (Å²) in [5.74, 6) is 0.309. The fourth-order valence-corrected chi connectivity index (χ4v) is 2.57. The van der Waals surface area contributed by atoms with E-state index in [1.165, 1.54) is 0 Å². The van der Waals surface area contributed by atoms with Crippen LogP contribution in [0, 0.1) is 18.3 Å². The van der Waals surface area contributed by atoms with E-state index < -0.39 is 5.91 Å². The van der Waals surface area contributed by atoms with Crippen LogP contribution in [0.5, 0.6) is 5.75 Å². The Hall–Kier alpha value is -3.00. The number of nitrogens with one attached hydrogen (secondary N) is 1. The van der Waals surface area contributed by atoms with Crippen LogP contribution in [-0.2, 0) is 4.79 Å². The summed E-state index contributed by atoms with van der Waals surface area (Å²) in [6.07, 6.45) is 3.55. The van der Waals surface area contributed by atoms with E-state index in [4.69, 9.17) is 4.74 Å². The van der Waals surface area contributed by atoms with Crippen LogP contribution in [0.4, 0.5) is 5.69 Å². The molecule has 2 rings (SSSR count). The second-order valence-corrected chi connectivity index (χ2v) is 6.00. The molecule has 5 heteroatoms. The zero-order chi connectivity index (χ0) is 18.4. The molecule has 0 aliphatic heterocycles. The molecule has 0 unspecified atom stereocenters. The molecule has 0 aliphatic carbocycles. The van der Waals surface area contributed by atoms with Crippen LogP contribution in [0.25, 0.3) is 6.08 Å². The van der Waals surface area contributed by atoms with Crippen molar-refractivity contribution in [2.75, 3.05) is 11.9 Å². The Morgan fingerprint density at radius 3 is 2.56 bits per heavy atom. The van der Waals surface area contributed by atoms with E-state index in [9.17, 15) is 10.1 Å². The van der Waals surface area contributed by atoms with Crippen LogP contribution in [-0.4, -0.2) is 17.1 Å². The van der Waals surface area contributed by atoms with E-state index in [1.54, 1.807) is 30.3 Å². The Morgan fingerprint density at radius 1 is 1.36 bits per heavy atom. The first-order valence-corrected chi connectivity index (χ1v) is 8.29. The third kappa shape index (κ3) is 4.74. The predicted molar refractivity (Wildman–Crippen MR) is 99.4 cm³/mol. The Kier molecular flexibility index (Phi) is 6.02. The maximum atomic E-state index is 12.3. The van der Waals surface area contributed by atoms with E-state index in [2.05, 4.69) is 23.7 Å². The molecular weight excluding hydrogens is 314 g/mol. The van der Waals surface area contributed by atoms with Gasteiger partial charge in [-0.3, -0.25) is 4.79 Å². The van der Waals surface area contributed by atoms with Crippen LogP contribution in [0.2, 0.25) is 0 Å². The smallest absolute Gasteiger partial charge is 0.266 e. The molecule has 0 aliphatic rings. The van der Waals surface area contributed by atoms with Crippen LogP contribution in [0.1, 0.15) is 38.1 Å². The molecule has 1 aromatic heterocycles. The number of nitriles is 1. The first-order chi connectivity index (χ1) is 11.9. The quantitative estimate of drug-likeness (QED) is 0.630. The molecule has 1 heterocycles. The summed E-state index contributed by atoms with van der Waals surface area (Å²) in [5, 5.41) is 12.1. The Balaban J connectivity index is 2.15. The molecule has 0 radical (unpaired) electrons. The summed E-state index contributed by atoms with van der Waals surface area (Å²) in [4.78, 5) is 12.3. The van der Waals surface area contributed by atoms with Gasteiger partial charge in [0.2, 0.25) is 0 Å². The summed E-state index contributed by atoms with van der Waals surface area (Å²) < 4.78 is 7.47. The Bertz CT molecular complexity index is 808. The molecule has 130 valence electrons. The zero-order valence-electron chi connectivity index (χ0n) is 15.0. The predicted octanol–water partition coefficient (Wildman–Crippen LogP) is 4.32. The summed E-state index contributed by atoms with van der Waals surface area (Å²) in [6.45, 7) is 8.68. The third-order valence-electron chi connectivity index (χ3n) is 3.73. The number of rotatable bonds is 6. The van der Waals surface area contributed by atoms with E-state index in [-0.39, 0.29) is 5.57 Å². The minimum absolute atomic E-state index is 0.0646. The molecule has 2 aromatic rings. The van der Waals surface area contributed by atoms with Crippen molar-refractivity contribution in [1.82, 2.24) is 4.57 Å². The van der Waals surface area contributed by atoms with Gasteiger partial charge in [-0.05, 0) is 69.7 Å². The van der Waals surface area contributed by atoms with Gasteiger partial charge in [-0.25, -0.2) is 0 Å². The van der Waals surface area contributed by atoms with Gasteiger partial charge in [0.05, 0.1) is 6.61 Å². The van der Waals surface area contributed by atoms with Crippen molar-refractivity contribution in [2.24, 2.45) is 0 Å². The van der Waals surface area contributed by atoms with Gasteiger partial charge >= 0.3 is 0 Å². The molecule has 5 nitrogen and oxygen atoms in total. The standard InChI is InChI=1S/C20H23N3O2/c1-5-25-19-8-6-18(7-9-19)22-20(24)17(12-21)11-16-10-15(4)23(13-16)14(2)3/h6-11,13-14H,5H2,1-4H3,(H,22,24)/b17-11+. The number of benzene rings is 1. The van der Waals surface area contributed by atoms with Crippen molar-refractivity contribution in [2.45, 2.75) is 33.7 Å². The number of nitrogens with zero attached hydrogens (tertiary/aromatic N) is 2. The molecule has 0 bridgehead atoms. The van der Waals surface area contributed by atoms with Crippen LogP contribution in [0.3, 0.4) is 0 Å². The minimum Gasteiger partial charge on any atom is -0.494 e. The summed E-state index contributed by atoms with van der Waals surface area (Å²) in [6, 6.07) is 11.3. The first-order valence-electron chi connectivity index (χ1n) is 8.29. The van der Waals surface area contributed by atoms with Crippen LogP contribution in [0.15, 0.2) is 42.1 Å². The lowest BCUT2D eigenvalue weighted by Gasteiger charge is -2.08. The highest BCUT2D eigenvalue weighted by atomic mass is 16.5. The van der Waals surface area contributed by atoms with E-state index in [0.29, 0.717) is 18.3 Å². The lowest BCUT2D eigenvalue weighted by atomic mass is 10.2. The van der Waals surface area contributed by atoms with Crippen molar-refractivity contribution in [3.05, 3.63) is 53.4 Å². The van der Waals surface area contributed by atoms with Gasteiger partial charge in [-0.2, -0.15) is 5.26 Å². The van der Waals surface area contributed by atoms with Crippen LogP contribution >= 0.6 is 0 Å². The lowest BCUT2D eigenvalue weighted by Crippen LogP contribution is -2.13. The summed E-state index contributed by atoms with van der Waals surface area (Å²) in [5.41, 5.74) is 2.61. The molecule has 1 N–H and O–H groups in total. The second kappa shape index (κ2) is 8.20. The maximum Gasteiger partial charge on any atom is 0.266 e. The lowest BCUT2D eigenvalue weighted by molar-refractivity contribution is -0.112. The number of carbonyl (C=O) groups is 1. The average molecular weight is 337 g/mol. The van der Waals surface area contributed by atoms with Crippen molar-refractivity contribution in [1.29, 1.82) is 5.26 Å². The van der Waals surface area contributed by atoms with Gasteiger partial charge in [0.1, 0.15) is 17.4 Å². The molecule has 1 aromatic carbocycles. The highest BCUT2D eigenvalue weighted by Crippen LogP contribution is 2.19. The number of anilines is 1. The topological polar surface area (TPSA) is 67.0 Å². The van der Waals surface area contributed by atoms with Crippen LogP contribution < -0.4 is 10.1 Å². The van der Waals surface area contributed by atoms with Crippen molar-refractivity contribution in [3.8, 4) is 11.8 Å². The van der Waals surface area contributed by atoms with E-state index in [0.717, 1.165) is 17.0 Å². The Morgan fingerprint density at radius 2 is 2.04 bits per heavy atom. The molecule has 0 saturated heterocycles. The number of carbonyl (C=O) groups excluding carboxylic acids is 1. The first kappa shape index (κ1) is 18.3. The zero-order valence-corrected chi connectivity index (χ0v) is 15.0. The molecule has 0 saturated carbocycles.